The number of aliphatic hydroxyl groups excluding tert-OH is 1. The van der Waals surface area contributed by atoms with E-state index in [1.807, 2.05) is 0 Å². The highest BCUT2D eigenvalue weighted by Gasteiger charge is 2.19. The van der Waals surface area contributed by atoms with E-state index in [1.165, 1.54) is 26.4 Å². The van der Waals surface area contributed by atoms with Gasteiger partial charge in [0.05, 0.1) is 14.2 Å². The molecule has 0 aliphatic rings. The van der Waals surface area contributed by atoms with Crippen LogP contribution in [0, 0.1) is 5.82 Å². The van der Waals surface area contributed by atoms with Gasteiger partial charge >= 0.3 is 0 Å². The largest absolute Gasteiger partial charge is 0.497 e. The van der Waals surface area contributed by atoms with Gasteiger partial charge in [-0.3, -0.25) is 0 Å². The molecule has 3 nitrogen and oxygen atoms in total. The average Bonchev–Trinajstić information content (AvgIpc) is 2.46. The summed E-state index contributed by atoms with van der Waals surface area (Å²) in [7, 11) is 3.02. The zero-order valence-electron chi connectivity index (χ0n) is 11.1. The topological polar surface area (TPSA) is 38.7 Å². The van der Waals surface area contributed by atoms with Crippen molar-refractivity contribution in [2.75, 3.05) is 14.2 Å². The highest BCUT2D eigenvalue weighted by Crippen LogP contribution is 2.34. The van der Waals surface area contributed by atoms with Crippen molar-refractivity contribution in [1.82, 2.24) is 0 Å². The summed E-state index contributed by atoms with van der Waals surface area (Å²) >= 11 is 3.19. The molecule has 2 aromatic carbocycles. The summed E-state index contributed by atoms with van der Waals surface area (Å²) in [5, 5.41) is 10.4. The second kappa shape index (κ2) is 6.24. The normalized spacial score (nSPS) is 12.1. The minimum atomic E-state index is -1.13. The SMILES string of the molecule is COc1ccc(OC)c(C(O)c2ccc(Br)cc2F)c1. The molecule has 0 radical (unpaired) electrons. The Hall–Kier alpha value is -1.59. The summed E-state index contributed by atoms with van der Waals surface area (Å²) in [5.41, 5.74) is 0.632. The van der Waals surface area contributed by atoms with Gasteiger partial charge in [0, 0.05) is 15.6 Å². The lowest BCUT2D eigenvalue weighted by molar-refractivity contribution is 0.209. The summed E-state index contributed by atoms with van der Waals surface area (Å²) in [6.45, 7) is 0. The molecule has 0 amide bonds. The van der Waals surface area contributed by atoms with Crippen LogP contribution in [0.3, 0.4) is 0 Å². The Morgan fingerprint density at radius 1 is 1.05 bits per heavy atom. The quantitative estimate of drug-likeness (QED) is 0.922. The van der Waals surface area contributed by atoms with Crippen LogP contribution >= 0.6 is 15.9 Å². The Bertz CT molecular complexity index is 616. The lowest BCUT2D eigenvalue weighted by Gasteiger charge is -2.17. The third-order valence-corrected chi connectivity index (χ3v) is 3.48. The fourth-order valence-corrected chi connectivity index (χ4v) is 2.28. The second-order valence-electron chi connectivity index (χ2n) is 4.18. The molecular weight excluding hydrogens is 327 g/mol. The monoisotopic (exact) mass is 340 g/mol. The number of rotatable bonds is 4. The maximum Gasteiger partial charge on any atom is 0.130 e. The molecule has 0 fully saturated rings. The van der Waals surface area contributed by atoms with Gasteiger partial charge in [0.2, 0.25) is 0 Å². The zero-order valence-corrected chi connectivity index (χ0v) is 12.6. The lowest BCUT2D eigenvalue weighted by Crippen LogP contribution is -2.05. The van der Waals surface area contributed by atoms with E-state index in [2.05, 4.69) is 15.9 Å². The first-order valence-corrected chi connectivity index (χ1v) is 6.71. The van der Waals surface area contributed by atoms with Gasteiger partial charge in [0.1, 0.15) is 23.4 Å². The first-order valence-electron chi connectivity index (χ1n) is 5.91. The molecule has 0 aromatic heterocycles. The fraction of sp³-hybridized carbons (Fsp3) is 0.200. The predicted molar refractivity (Wildman–Crippen MR) is 77.7 cm³/mol. The van der Waals surface area contributed by atoms with Crippen molar-refractivity contribution in [3.8, 4) is 11.5 Å². The van der Waals surface area contributed by atoms with Gasteiger partial charge in [-0.1, -0.05) is 22.0 Å². The van der Waals surface area contributed by atoms with Crippen LogP contribution in [0.4, 0.5) is 4.39 Å². The summed E-state index contributed by atoms with van der Waals surface area (Å²) in [5.74, 6) is 0.551. The van der Waals surface area contributed by atoms with E-state index in [0.29, 0.717) is 21.5 Å². The van der Waals surface area contributed by atoms with Gasteiger partial charge in [-0.2, -0.15) is 0 Å². The molecule has 2 aromatic rings. The molecule has 0 saturated carbocycles. The molecule has 0 bridgehead atoms. The van der Waals surface area contributed by atoms with Crippen LogP contribution in [0.1, 0.15) is 17.2 Å². The van der Waals surface area contributed by atoms with Crippen LogP contribution in [0.2, 0.25) is 0 Å². The van der Waals surface area contributed by atoms with Crippen molar-refractivity contribution in [3.05, 3.63) is 57.8 Å². The highest BCUT2D eigenvalue weighted by molar-refractivity contribution is 9.10. The number of methoxy groups -OCH3 is 2. The van der Waals surface area contributed by atoms with Gasteiger partial charge in [-0.25, -0.2) is 4.39 Å². The van der Waals surface area contributed by atoms with Crippen LogP contribution in [0.5, 0.6) is 11.5 Å². The van der Waals surface area contributed by atoms with Crippen molar-refractivity contribution in [1.29, 1.82) is 0 Å². The Balaban J connectivity index is 2.48. The third kappa shape index (κ3) is 2.94. The van der Waals surface area contributed by atoms with Crippen LogP contribution in [0.15, 0.2) is 40.9 Å². The molecule has 5 heteroatoms. The predicted octanol–water partition coefficient (Wildman–Crippen LogP) is 3.69. The van der Waals surface area contributed by atoms with E-state index in [0.717, 1.165) is 0 Å². The molecule has 0 heterocycles. The molecule has 0 saturated heterocycles. The van der Waals surface area contributed by atoms with Crippen molar-refractivity contribution >= 4 is 15.9 Å². The smallest absolute Gasteiger partial charge is 0.130 e. The van der Waals surface area contributed by atoms with E-state index in [9.17, 15) is 9.50 Å². The van der Waals surface area contributed by atoms with Crippen molar-refractivity contribution in [2.24, 2.45) is 0 Å². The number of hydrogen-bond acceptors (Lipinski definition) is 3. The second-order valence-corrected chi connectivity index (χ2v) is 5.09. The Labute approximate surface area is 125 Å². The molecule has 0 aliphatic carbocycles. The van der Waals surface area contributed by atoms with Crippen LogP contribution < -0.4 is 9.47 Å². The van der Waals surface area contributed by atoms with E-state index in [4.69, 9.17) is 9.47 Å². The molecule has 20 heavy (non-hydrogen) atoms. The van der Waals surface area contributed by atoms with Crippen molar-refractivity contribution in [2.45, 2.75) is 6.10 Å². The molecular formula is C15H14BrFO3. The number of aliphatic hydroxyl groups is 1. The Morgan fingerprint density at radius 3 is 2.40 bits per heavy atom. The fourth-order valence-electron chi connectivity index (χ4n) is 1.94. The zero-order chi connectivity index (χ0) is 14.7. The molecule has 2 rings (SSSR count). The first-order chi connectivity index (χ1) is 9.56. The lowest BCUT2D eigenvalue weighted by atomic mass is 10.00. The van der Waals surface area contributed by atoms with E-state index < -0.39 is 11.9 Å². The minimum absolute atomic E-state index is 0.180. The van der Waals surface area contributed by atoms with E-state index in [1.54, 1.807) is 24.3 Å². The van der Waals surface area contributed by atoms with Crippen LogP contribution in [-0.2, 0) is 0 Å². The minimum Gasteiger partial charge on any atom is -0.497 e. The van der Waals surface area contributed by atoms with Crippen LogP contribution in [-0.4, -0.2) is 19.3 Å². The van der Waals surface area contributed by atoms with Gasteiger partial charge in [0.25, 0.3) is 0 Å². The van der Waals surface area contributed by atoms with E-state index in [-0.39, 0.29) is 5.56 Å². The molecule has 1 unspecified atom stereocenters. The van der Waals surface area contributed by atoms with Gasteiger partial charge in [0.15, 0.2) is 0 Å². The van der Waals surface area contributed by atoms with Crippen LogP contribution in [0.25, 0.3) is 0 Å². The number of ether oxygens (including phenoxy) is 2. The first kappa shape index (κ1) is 14.8. The Morgan fingerprint density at radius 2 is 1.80 bits per heavy atom. The maximum absolute atomic E-state index is 13.9. The van der Waals surface area contributed by atoms with Gasteiger partial charge in [-0.05, 0) is 30.3 Å². The number of halogens is 2. The van der Waals surface area contributed by atoms with Gasteiger partial charge in [-0.15, -0.1) is 0 Å². The summed E-state index contributed by atoms with van der Waals surface area (Å²) in [4.78, 5) is 0. The summed E-state index contributed by atoms with van der Waals surface area (Å²) in [6.07, 6.45) is -1.13. The van der Waals surface area contributed by atoms with Crippen molar-refractivity contribution in [3.63, 3.8) is 0 Å². The third-order valence-electron chi connectivity index (χ3n) is 2.99. The summed E-state index contributed by atoms with van der Waals surface area (Å²) in [6, 6.07) is 9.54. The average molecular weight is 341 g/mol. The molecule has 1 atom stereocenters. The molecule has 1 N–H and O–H groups in total. The number of hydrogen-bond donors (Lipinski definition) is 1. The number of benzene rings is 2. The highest BCUT2D eigenvalue weighted by atomic mass is 79.9. The summed E-state index contributed by atoms with van der Waals surface area (Å²) < 4.78 is 24.9. The van der Waals surface area contributed by atoms with Crippen molar-refractivity contribution < 1.29 is 19.0 Å². The molecule has 0 aliphatic heterocycles. The van der Waals surface area contributed by atoms with Gasteiger partial charge < -0.3 is 14.6 Å². The van der Waals surface area contributed by atoms with E-state index >= 15 is 0 Å². The molecule has 0 spiro atoms. The maximum atomic E-state index is 13.9. The molecule has 106 valence electrons. The Kier molecular flexibility index (Phi) is 4.62. The standard InChI is InChI=1S/C15H14BrFO3/c1-19-10-4-6-14(20-2)12(8-10)15(18)11-5-3-9(16)7-13(11)17/h3-8,15,18H,1-2H3.